The molecule has 2 saturated heterocycles. The van der Waals surface area contributed by atoms with Crippen LogP contribution in [0.3, 0.4) is 0 Å². The second-order valence-electron chi connectivity index (χ2n) is 4.29. The predicted octanol–water partition coefficient (Wildman–Crippen LogP) is 0.556. The standard InChI is InChI=1S/C10H17FN2O/c11-9-2-4-13(7-9)10(14)5-8-1-3-12-6-8/h8-9,12H,1-7H2. The highest BCUT2D eigenvalue weighted by atomic mass is 19.1. The molecular formula is C10H17FN2O. The van der Waals surface area contributed by atoms with Gasteiger partial charge in [0, 0.05) is 13.0 Å². The summed E-state index contributed by atoms with van der Waals surface area (Å²) in [6.07, 6.45) is 1.41. The van der Waals surface area contributed by atoms with E-state index in [9.17, 15) is 9.18 Å². The fraction of sp³-hybridized carbons (Fsp3) is 0.900. The first-order valence-electron chi connectivity index (χ1n) is 5.38. The van der Waals surface area contributed by atoms with Gasteiger partial charge >= 0.3 is 0 Å². The van der Waals surface area contributed by atoms with Gasteiger partial charge < -0.3 is 10.2 Å². The van der Waals surface area contributed by atoms with Crippen LogP contribution < -0.4 is 5.32 Å². The van der Waals surface area contributed by atoms with Crippen molar-refractivity contribution in [2.75, 3.05) is 26.2 Å². The zero-order valence-electron chi connectivity index (χ0n) is 8.34. The average molecular weight is 200 g/mol. The van der Waals surface area contributed by atoms with Gasteiger partial charge in [-0.25, -0.2) is 4.39 Å². The third-order valence-corrected chi connectivity index (χ3v) is 3.11. The Labute approximate surface area is 83.6 Å². The Bertz CT molecular complexity index is 216. The molecule has 0 radical (unpaired) electrons. The number of alkyl halides is 1. The van der Waals surface area contributed by atoms with Gasteiger partial charge in [0.1, 0.15) is 6.17 Å². The molecule has 2 rings (SSSR count). The molecule has 2 aliphatic rings. The van der Waals surface area contributed by atoms with Gasteiger partial charge in [-0.2, -0.15) is 0 Å². The number of rotatable bonds is 2. The molecule has 0 bridgehead atoms. The fourth-order valence-electron chi connectivity index (χ4n) is 2.21. The number of carbonyl (C=O) groups excluding carboxylic acids is 1. The van der Waals surface area contributed by atoms with Gasteiger partial charge in [0.15, 0.2) is 0 Å². The molecule has 4 heteroatoms. The molecule has 14 heavy (non-hydrogen) atoms. The Balaban J connectivity index is 1.77. The van der Waals surface area contributed by atoms with E-state index in [1.165, 1.54) is 0 Å². The summed E-state index contributed by atoms with van der Waals surface area (Å²) < 4.78 is 12.8. The topological polar surface area (TPSA) is 32.3 Å². The number of likely N-dealkylation sites (tertiary alicyclic amines) is 1. The van der Waals surface area contributed by atoms with Gasteiger partial charge in [-0.05, 0) is 31.8 Å². The van der Waals surface area contributed by atoms with Crippen LogP contribution in [0.15, 0.2) is 0 Å². The molecule has 80 valence electrons. The van der Waals surface area contributed by atoms with Crippen molar-refractivity contribution in [1.82, 2.24) is 10.2 Å². The third kappa shape index (κ3) is 2.23. The van der Waals surface area contributed by atoms with Crippen LogP contribution in [0.4, 0.5) is 4.39 Å². The highest BCUT2D eigenvalue weighted by Gasteiger charge is 2.28. The minimum Gasteiger partial charge on any atom is -0.340 e. The van der Waals surface area contributed by atoms with Crippen molar-refractivity contribution in [1.29, 1.82) is 0 Å². The summed E-state index contributed by atoms with van der Waals surface area (Å²) in [6, 6.07) is 0. The second-order valence-corrected chi connectivity index (χ2v) is 4.29. The van der Waals surface area contributed by atoms with Crippen molar-refractivity contribution in [3.05, 3.63) is 0 Å². The van der Waals surface area contributed by atoms with Gasteiger partial charge in [0.25, 0.3) is 0 Å². The van der Waals surface area contributed by atoms with Gasteiger partial charge in [0.2, 0.25) is 5.91 Å². The normalized spacial score (nSPS) is 32.5. The SMILES string of the molecule is O=C(CC1CCNC1)N1CCC(F)C1. The molecule has 0 saturated carbocycles. The number of nitrogens with one attached hydrogen (secondary N) is 1. The summed E-state index contributed by atoms with van der Waals surface area (Å²) >= 11 is 0. The molecule has 0 aromatic carbocycles. The van der Waals surface area contributed by atoms with E-state index in [-0.39, 0.29) is 5.91 Å². The smallest absolute Gasteiger partial charge is 0.222 e. The number of halogens is 1. The quantitative estimate of drug-likeness (QED) is 0.706. The van der Waals surface area contributed by atoms with Crippen molar-refractivity contribution in [3.8, 4) is 0 Å². The summed E-state index contributed by atoms with van der Waals surface area (Å²) in [4.78, 5) is 13.3. The van der Waals surface area contributed by atoms with Crippen LogP contribution >= 0.6 is 0 Å². The molecule has 0 aromatic rings. The minimum atomic E-state index is -0.791. The number of amides is 1. The lowest BCUT2D eigenvalue weighted by molar-refractivity contribution is -0.131. The van der Waals surface area contributed by atoms with Crippen LogP contribution in [0.25, 0.3) is 0 Å². The molecule has 2 unspecified atom stereocenters. The van der Waals surface area contributed by atoms with E-state index in [2.05, 4.69) is 5.32 Å². The van der Waals surface area contributed by atoms with E-state index in [1.54, 1.807) is 4.90 Å². The molecule has 0 spiro atoms. The number of hydrogen-bond acceptors (Lipinski definition) is 2. The largest absolute Gasteiger partial charge is 0.340 e. The van der Waals surface area contributed by atoms with E-state index in [0.717, 1.165) is 19.5 Å². The summed E-state index contributed by atoms with van der Waals surface area (Å²) in [5.74, 6) is 0.611. The van der Waals surface area contributed by atoms with Crippen LogP contribution in [0.2, 0.25) is 0 Å². The first-order valence-corrected chi connectivity index (χ1v) is 5.38. The highest BCUT2D eigenvalue weighted by molar-refractivity contribution is 5.76. The van der Waals surface area contributed by atoms with Crippen molar-refractivity contribution >= 4 is 5.91 Å². The molecule has 0 aromatic heterocycles. The fourth-order valence-corrected chi connectivity index (χ4v) is 2.21. The summed E-state index contributed by atoms with van der Waals surface area (Å²) in [7, 11) is 0. The molecule has 2 aliphatic heterocycles. The average Bonchev–Trinajstić information content (AvgIpc) is 2.75. The van der Waals surface area contributed by atoms with E-state index in [4.69, 9.17) is 0 Å². The van der Waals surface area contributed by atoms with Crippen molar-refractivity contribution in [2.24, 2.45) is 5.92 Å². The maximum absolute atomic E-state index is 12.8. The Kier molecular flexibility index (Phi) is 3.01. The van der Waals surface area contributed by atoms with Crippen molar-refractivity contribution in [2.45, 2.75) is 25.4 Å². The maximum atomic E-state index is 12.8. The van der Waals surface area contributed by atoms with Crippen molar-refractivity contribution < 1.29 is 9.18 Å². The Morgan fingerprint density at radius 3 is 2.93 bits per heavy atom. The second kappa shape index (κ2) is 4.26. The predicted molar refractivity (Wildman–Crippen MR) is 51.7 cm³/mol. The molecule has 2 fully saturated rings. The lowest BCUT2D eigenvalue weighted by Crippen LogP contribution is -2.30. The molecule has 2 heterocycles. The Morgan fingerprint density at radius 2 is 2.36 bits per heavy atom. The van der Waals surface area contributed by atoms with E-state index < -0.39 is 6.17 Å². The van der Waals surface area contributed by atoms with Crippen molar-refractivity contribution in [3.63, 3.8) is 0 Å². The van der Waals surface area contributed by atoms with Crippen LogP contribution in [0, 0.1) is 5.92 Å². The summed E-state index contributed by atoms with van der Waals surface area (Å²) in [5.41, 5.74) is 0. The van der Waals surface area contributed by atoms with Crippen LogP contribution in [-0.2, 0) is 4.79 Å². The van der Waals surface area contributed by atoms with Gasteiger partial charge in [-0.1, -0.05) is 0 Å². The van der Waals surface area contributed by atoms with Gasteiger partial charge in [0.05, 0.1) is 6.54 Å². The van der Waals surface area contributed by atoms with Crippen LogP contribution in [-0.4, -0.2) is 43.2 Å². The van der Waals surface area contributed by atoms with Gasteiger partial charge in [-0.3, -0.25) is 4.79 Å². The van der Waals surface area contributed by atoms with E-state index >= 15 is 0 Å². The lowest BCUT2D eigenvalue weighted by Gasteiger charge is -2.17. The van der Waals surface area contributed by atoms with E-state index in [1.807, 2.05) is 0 Å². The van der Waals surface area contributed by atoms with Crippen LogP contribution in [0.5, 0.6) is 0 Å². The first-order chi connectivity index (χ1) is 6.75. The molecule has 3 nitrogen and oxygen atoms in total. The minimum absolute atomic E-state index is 0.138. The summed E-state index contributed by atoms with van der Waals surface area (Å²) in [5, 5.41) is 3.23. The molecule has 0 aliphatic carbocycles. The number of nitrogens with zero attached hydrogens (tertiary/aromatic N) is 1. The molecule has 1 N–H and O–H groups in total. The zero-order chi connectivity index (χ0) is 9.97. The number of hydrogen-bond donors (Lipinski definition) is 1. The highest BCUT2D eigenvalue weighted by Crippen LogP contribution is 2.18. The summed E-state index contributed by atoms with van der Waals surface area (Å²) in [6.45, 7) is 2.89. The lowest BCUT2D eigenvalue weighted by atomic mass is 10.0. The molecule has 2 atom stereocenters. The first kappa shape index (κ1) is 9.90. The molecule has 1 amide bonds. The third-order valence-electron chi connectivity index (χ3n) is 3.11. The zero-order valence-corrected chi connectivity index (χ0v) is 8.34. The van der Waals surface area contributed by atoms with E-state index in [0.29, 0.717) is 31.8 Å². The molecular weight excluding hydrogens is 183 g/mol. The van der Waals surface area contributed by atoms with Crippen LogP contribution in [0.1, 0.15) is 19.3 Å². The maximum Gasteiger partial charge on any atom is 0.222 e. The Hall–Kier alpha value is -0.640. The Morgan fingerprint density at radius 1 is 1.50 bits per heavy atom. The van der Waals surface area contributed by atoms with Gasteiger partial charge in [-0.15, -0.1) is 0 Å². The monoisotopic (exact) mass is 200 g/mol. The number of carbonyl (C=O) groups is 1.